The number of aromatic nitrogens is 3. The number of hydrogen-bond donors (Lipinski definition) is 1. The third-order valence-corrected chi connectivity index (χ3v) is 5.54. The molecule has 0 radical (unpaired) electrons. The second-order valence-electron chi connectivity index (χ2n) is 6.45. The Bertz CT molecular complexity index is 880. The maximum atomic E-state index is 5.94. The van der Waals surface area contributed by atoms with Gasteiger partial charge in [-0.15, -0.1) is 11.3 Å². The summed E-state index contributed by atoms with van der Waals surface area (Å²) in [7, 11) is 0. The zero-order valence-corrected chi connectivity index (χ0v) is 16.1. The van der Waals surface area contributed by atoms with E-state index in [1.165, 1.54) is 11.3 Å². The summed E-state index contributed by atoms with van der Waals surface area (Å²) in [4.78, 5) is 17.2. The Balaban J connectivity index is 1.50. The van der Waals surface area contributed by atoms with Gasteiger partial charge in [0, 0.05) is 23.8 Å². The fourth-order valence-corrected chi connectivity index (χ4v) is 4.07. The van der Waals surface area contributed by atoms with Gasteiger partial charge in [-0.05, 0) is 50.6 Å². The number of pyridine rings is 2. The monoisotopic (exact) mass is 385 g/mol. The van der Waals surface area contributed by atoms with Crippen molar-refractivity contribution in [2.45, 2.75) is 32.4 Å². The average molecular weight is 386 g/mol. The minimum atomic E-state index is 0.312. The number of rotatable bonds is 5. The van der Waals surface area contributed by atoms with Gasteiger partial charge in [0.2, 0.25) is 0 Å². The predicted octanol–water partition coefficient (Wildman–Crippen LogP) is 4.98. The van der Waals surface area contributed by atoms with E-state index in [2.05, 4.69) is 32.3 Å². The van der Waals surface area contributed by atoms with Crippen LogP contribution in [-0.2, 0) is 6.54 Å². The predicted molar refractivity (Wildman–Crippen MR) is 106 cm³/mol. The molecule has 1 fully saturated rings. The van der Waals surface area contributed by atoms with Crippen LogP contribution in [0.4, 0.5) is 10.9 Å². The summed E-state index contributed by atoms with van der Waals surface area (Å²) in [5, 5.41) is 4.86. The first-order chi connectivity index (χ1) is 12.7. The van der Waals surface area contributed by atoms with Crippen LogP contribution < -0.4 is 5.32 Å². The quantitative estimate of drug-likeness (QED) is 0.671. The summed E-state index contributed by atoms with van der Waals surface area (Å²) < 4.78 is 0. The van der Waals surface area contributed by atoms with Crippen molar-refractivity contribution in [2.24, 2.45) is 0 Å². The van der Waals surface area contributed by atoms with Crippen molar-refractivity contribution in [3.63, 3.8) is 0 Å². The number of halogens is 1. The Morgan fingerprint density at radius 3 is 2.92 bits per heavy atom. The summed E-state index contributed by atoms with van der Waals surface area (Å²) in [6.45, 7) is 3.92. The van der Waals surface area contributed by atoms with E-state index in [1.807, 2.05) is 31.3 Å². The summed E-state index contributed by atoms with van der Waals surface area (Å²) in [6.07, 6.45) is 5.86. The zero-order chi connectivity index (χ0) is 17.9. The fraction of sp³-hybridized carbons (Fsp3) is 0.316. The Kier molecular flexibility index (Phi) is 5.15. The number of aryl methyl sites for hydroxylation is 1. The molecule has 1 aliphatic rings. The van der Waals surface area contributed by atoms with Gasteiger partial charge in [0.1, 0.15) is 5.82 Å². The number of nitrogens with zero attached hydrogens (tertiary/aromatic N) is 4. The zero-order valence-electron chi connectivity index (χ0n) is 14.5. The van der Waals surface area contributed by atoms with Crippen molar-refractivity contribution in [1.82, 2.24) is 19.9 Å². The van der Waals surface area contributed by atoms with E-state index in [0.717, 1.165) is 41.8 Å². The minimum Gasteiger partial charge on any atom is -0.316 e. The molecular formula is C19H20ClN5S. The largest absolute Gasteiger partial charge is 0.316 e. The van der Waals surface area contributed by atoms with Crippen molar-refractivity contribution in [2.75, 3.05) is 11.9 Å². The van der Waals surface area contributed by atoms with Crippen molar-refractivity contribution in [1.29, 1.82) is 0 Å². The summed E-state index contributed by atoms with van der Waals surface area (Å²) in [5.74, 6) is 0.841. The third-order valence-electron chi connectivity index (χ3n) is 4.49. The standard InChI is InChI=1S/C19H20ClN5S/c1-13-10-22-19(26-13)24-18-6-2-4-16(23-18)17-5-3-9-25(17)12-15-8-7-14(20)11-21-15/h2,4,6-8,10-11,17H,3,5,9,12H2,1H3,(H,22,23,24). The van der Waals surface area contributed by atoms with Gasteiger partial charge >= 0.3 is 0 Å². The molecule has 3 aromatic heterocycles. The lowest BCUT2D eigenvalue weighted by molar-refractivity contribution is 0.241. The Hall–Kier alpha value is -2.02. The van der Waals surface area contributed by atoms with E-state index < -0.39 is 0 Å². The van der Waals surface area contributed by atoms with Gasteiger partial charge < -0.3 is 5.32 Å². The minimum absolute atomic E-state index is 0.312. The van der Waals surface area contributed by atoms with Gasteiger partial charge in [0.05, 0.1) is 22.5 Å². The first-order valence-electron chi connectivity index (χ1n) is 8.68. The van der Waals surface area contributed by atoms with Crippen molar-refractivity contribution >= 4 is 33.9 Å². The summed E-state index contributed by atoms with van der Waals surface area (Å²) >= 11 is 7.57. The van der Waals surface area contributed by atoms with E-state index in [4.69, 9.17) is 16.6 Å². The molecule has 1 N–H and O–H groups in total. The van der Waals surface area contributed by atoms with Crippen molar-refractivity contribution in [3.8, 4) is 0 Å². The number of likely N-dealkylation sites (tertiary alicyclic amines) is 1. The fourth-order valence-electron chi connectivity index (χ4n) is 3.29. The summed E-state index contributed by atoms with van der Waals surface area (Å²) in [5.41, 5.74) is 2.13. The molecule has 0 aromatic carbocycles. The van der Waals surface area contributed by atoms with E-state index in [0.29, 0.717) is 11.1 Å². The van der Waals surface area contributed by atoms with Crippen LogP contribution in [0.25, 0.3) is 0 Å². The molecular weight excluding hydrogens is 366 g/mol. The van der Waals surface area contributed by atoms with Crippen LogP contribution in [0.15, 0.2) is 42.7 Å². The third kappa shape index (κ3) is 4.03. The molecule has 7 heteroatoms. The first-order valence-corrected chi connectivity index (χ1v) is 9.88. The molecule has 1 atom stereocenters. The number of anilines is 2. The van der Waals surface area contributed by atoms with Crippen LogP contribution in [0.3, 0.4) is 0 Å². The second-order valence-corrected chi connectivity index (χ2v) is 8.12. The molecule has 0 bridgehead atoms. The Morgan fingerprint density at radius 1 is 1.23 bits per heavy atom. The number of nitrogens with one attached hydrogen (secondary N) is 1. The van der Waals surface area contributed by atoms with Gasteiger partial charge in [-0.1, -0.05) is 17.7 Å². The van der Waals surface area contributed by atoms with E-state index in [-0.39, 0.29) is 0 Å². The smallest absolute Gasteiger partial charge is 0.188 e. The average Bonchev–Trinajstić information content (AvgIpc) is 3.26. The Labute approximate surface area is 162 Å². The topological polar surface area (TPSA) is 53.9 Å². The maximum Gasteiger partial charge on any atom is 0.188 e. The van der Waals surface area contributed by atoms with Gasteiger partial charge in [-0.2, -0.15) is 0 Å². The first kappa shape index (κ1) is 17.4. The van der Waals surface area contributed by atoms with Gasteiger partial charge in [0.25, 0.3) is 0 Å². The highest BCUT2D eigenvalue weighted by Crippen LogP contribution is 2.33. The highest BCUT2D eigenvalue weighted by molar-refractivity contribution is 7.15. The highest BCUT2D eigenvalue weighted by Gasteiger charge is 2.27. The number of hydrogen-bond acceptors (Lipinski definition) is 6. The molecule has 5 nitrogen and oxygen atoms in total. The molecule has 0 saturated carbocycles. The number of thiazole rings is 1. The highest BCUT2D eigenvalue weighted by atomic mass is 35.5. The normalized spacial score (nSPS) is 17.5. The molecule has 3 aromatic rings. The van der Waals surface area contributed by atoms with Crippen LogP contribution in [0.2, 0.25) is 5.02 Å². The van der Waals surface area contributed by atoms with Crippen LogP contribution in [0.5, 0.6) is 0 Å². The SMILES string of the molecule is Cc1cnc(Nc2cccc(C3CCCN3Cc3ccc(Cl)cn3)n2)s1. The molecule has 0 amide bonds. The molecule has 26 heavy (non-hydrogen) atoms. The summed E-state index contributed by atoms with van der Waals surface area (Å²) in [6, 6.07) is 10.4. The molecule has 0 spiro atoms. The molecule has 0 aliphatic carbocycles. The van der Waals surface area contributed by atoms with E-state index in [9.17, 15) is 0 Å². The van der Waals surface area contributed by atoms with Crippen molar-refractivity contribution < 1.29 is 0 Å². The molecule has 1 aliphatic heterocycles. The van der Waals surface area contributed by atoms with Crippen LogP contribution >= 0.6 is 22.9 Å². The maximum absolute atomic E-state index is 5.94. The lowest BCUT2D eigenvalue weighted by Gasteiger charge is -2.24. The second kappa shape index (κ2) is 7.70. The Morgan fingerprint density at radius 2 is 2.15 bits per heavy atom. The van der Waals surface area contributed by atoms with E-state index >= 15 is 0 Å². The molecule has 4 rings (SSSR count). The van der Waals surface area contributed by atoms with Gasteiger partial charge in [-0.3, -0.25) is 9.88 Å². The van der Waals surface area contributed by atoms with Crippen LogP contribution in [0, 0.1) is 6.92 Å². The van der Waals surface area contributed by atoms with Crippen LogP contribution in [-0.4, -0.2) is 26.4 Å². The lowest BCUT2D eigenvalue weighted by Crippen LogP contribution is -2.24. The van der Waals surface area contributed by atoms with Gasteiger partial charge in [0.15, 0.2) is 5.13 Å². The lowest BCUT2D eigenvalue weighted by atomic mass is 10.1. The van der Waals surface area contributed by atoms with Crippen molar-refractivity contribution in [3.05, 3.63) is 64.0 Å². The van der Waals surface area contributed by atoms with E-state index in [1.54, 1.807) is 17.5 Å². The molecule has 1 saturated heterocycles. The molecule has 1 unspecified atom stereocenters. The molecule has 134 valence electrons. The van der Waals surface area contributed by atoms with Crippen LogP contribution in [0.1, 0.15) is 35.1 Å². The van der Waals surface area contributed by atoms with Gasteiger partial charge in [-0.25, -0.2) is 9.97 Å². The molecule has 4 heterocycles.